The third-order valence-electron chi connectivity index (χ3n) is 2.02. The van der Waals surface area contributed by atoms with E-state index in [2.05, 4.69) is 9.97 Å². The standard InChI is InChI=1S/C9H10N2O2/c1-5(12)6-2-3-7-8(4-6)11-9(13)10-7/h2-5,12H,1H3,(H2,10,11,13). The molecule has 1 aromatic heterocycles. The van der Waals surface area contributed by atoms with Crippen molar-refractivity contribution in [2.75, 3.05) is 0 Å². The highest BCUT2D eigenvalue weighted by Crippen LogP contribution is 2.16. The topological polar surface area (TPSA) is 68.9 Å². The second kappa shape index (κ2) is 2.74. The third-order valence-corrected chi connectivity index (χ3v) is 2.02. The minimum absolute atomic E-state index is 0.224. The van der Waals surface area contributed by atoms with Crippen molar-refractivity contribution in [3.8, 4) is 0 Å². The average molecular weight is 178 g/mol. The zero-order chi connectivity index (χ0) is 9.42. The van der Waals surface area contributed by atoms with E-state index in [9.17, 15) is 9.90 Å². The fourth-order valence-electron chi connectivity index (χ4n) is 1.31. The van der Waals surface area contributed by atoms with Gasteiger partial charge < -0.3 is 15.1 Å². The Kier molecular flexibility index (Phi) is 1.70. The molecule has 4 heteroatoms. The Hall–Kier alpha value is -1.55. The summed E-state index contributed by atoms with van der Waals surface area (Å²) in [6.45, 7) is 1.69. The van der Waals surface area contributed by atoms with Crippen LogP contribution in [-0.2, 0) is 0 Å². The van der Waals surface area contributed by atoms with E-state index in [0.29, 0.717) is 0 Å². The lowest BCUT2D eigenvalue weighted by Crippen LogP contribution is -1.99. The van der Waals surface area contributed by atoms with Gasteiger partial charge in [-0.25, -0.2) is 4.79 Å². The Bertz CT molecular complexity index is 482. The minimum atomic E-state index is -0.511. The van der Waals surface area contributed by atoms with Crippen molar-refractivity contribution in [2.45, 2.75) is 13.0 Å². The predicted molar refractivity (Wildman–Crippen MR) is 49.6 cm³/mol. The molecule has 2 aromatic rings. The number of aromatic amines is 2. The summed E-state index contributed by atoms with van der Waals surface area (Å²) >= 11 is 0. The number of H-pyrrole nitrogens is 2. The van der Waals surface area contributed by atoms with Crippen LogP contribution in [0.25, 0.3) is 11.0 Å². The van der Waals surface area contributed by atoms with Crippen molar-refractivity contribution < 1.29 is 5.11 Å². The first-order chi connectivity index (χ1) is 6.16. The van der Waals surface area contributed by atoms with Gasteiger partial charge in [0.2, 0.25) is 0 Å². The highest BCUT2D eigenvalue weighted by Gasteiger charge is 2.03. The van der Waals surface area contributed by atoms with Crippen LogP contribution in [0.1, 0.15) is 18.6 Å². The van der Waals surface area contributed by atoms with E-state index in [-0.39, 0.29) is 5.69 Å². The number of hydrogen-bond acceptors (Lipinski definition) is 2. The van der Waals surface area contributed by atoms with Gasteiger partial charge in [0.1, 0.15) is 0 Å². The molecule has 0 fully saturated rings. The summed E-state index contributed by atoms with van der Waals surface area (Å²) in [5.74, 6) is 0. The summed E-state index contributed by atoms with van der Waals surface area (Å²) in [7, 11) is 0. The van der Waals surface area contributed by atoms with Gasteiger partial charge in [-0.2, -0.15) is 0 Å². The number of benzene rings is 1. The van der Waals surface area contributed by atoms with Gasteiger partial charge in [0.05, 0.1) is 17.1 Å². The monoisotopic (exact) mass is 178 g/mol. The molecule has 0 aliphatic carbocycles. The summed E-state index contributed by atoms with van der Waals surface area (Å²) in [5, 5.41) is 9.29. The van der Waals surface area contributed by atoms with Gasteiger partial charge in [-0.3, -0.25) is 0 Å². The van der Waals surface area contributed by atoms with Crippen LogP contribution in [0.4, 0.5) is 0 Å². The summed E-state index contributed by atoms with van der Waals surface area (Å²) < 4.78 is 0. The first-order valence-corrected chi connectivity index (χ1v) is 4.07. The molecule has 0 spiro atoms. The van der Waals surface area contributed by atoms with E-state index >= 15 is 0 Å². The normalized spacial score (nSPS) is 13.4. The first-order valence-electron chi connectivity index (χ1n) is 4.07. The van der Waals surface area contributed by atoms with Crippen LogP contribution in [0, 0.1) is 0 Å². The van der Waals surface area contributed by atoms with Gasteiger partial charge in [0.25, 0.3) is 0 Å². The highest BCUT2D eigenvalue weighted by atomic mass is 16.3. The van der Waals surface area contributed by atoms with Crippen molar-refractivity contribution >= 4 is 11.0 Å². The molecule has 3 N–H and O–H groups in total. The maximum absolute atomic E-state index is 10.9. The van der Waals surface area contributed by atoms with Crippen molar-refractivity contribution in [1.82, 2.24) is 9.97 Å². The molecule has 0 aliphatic rings. The molecule has 0 radical (unpaired) electrons. The molecule has 0 amide bonds. The number of aliphatic hydroxyl groups excluding tert-OH is 1. The molecule has 1 aromatic carbocycles. The second-order valence-electron chi connectivity index (χ2n) is 3.06. The zero-order valence-electron chi connectivity index (χ0n) is 7.16. The summed E-state index contributed by atoms with van der Waals surface area (Å²) in [4.78, 5) is 16.2. The van der Waals surface area contributed by atoms with Gasteiger partial charge in [-0.15, -0.1) is 0 Å². The number of imidazole rings is 1. The van der Waals surface area contributed by atoms with Gasteiger partial charge in [0, 0.05) is 0 Å². The van der Waals surface area contributed by atoms with Crippen LogP contribution >= 0.6 is 0 Å². The molecule has 0 saturated heterocycles. The number of nitrogens with one attached hydrogen (secondary N) is 2. The van der Waals surface area contributed by atoms with Gasteiger partial charge in [-0.1, -0.05) is 6.07 Å². The molecule has 0 aliphatic heterocycles. The number of aliphatic hydroxyl groups is 1. The van der Waals surface area contributed by atoms with Crippen LogP contribution in [0.3, 0.4) is 0 Å². The maximum atomic E-state index is 10.9. The average Bonchev–Trinajstić information content (AvgIpc) is 2.42. The van der Waals surface area contributed by atoms with Crippen LogP contribution in [-0.4, -0.2) is 15.1 Å². The first kappa shape index (κ1) is 8.07. The third kappa shape index (κ3) is 1.36. The van der Waals surface area contributed by atoms with Crippen LogP contribution in [0.2, 0.25) is 0 Å². The molecule has 0 bridgehead atoms. The SMILES string of the molecule is CC(O)c1ccc2[nH]c(=O)[nH]c2c1. The molecule has 68 valence electrons. The number of rotatable bonds is 1. The van der Waals surface area contributed by atoms with Crippen LogP contribution in [0.5, 0.6) is 0 Å². The van der Waals surface area contributed by atoms with E-state index in [1.54, 1.807) is 25.1 Å². The smallest absolute Gasteiger partial charge is 0.323 e. The van der Waals surface area contributed by atoms with E-state index in [1.807, 2.05) is 0 Å². The number of fused-ring (bicyclic) bond motifs is 1. The lowest BCUT2D eigenvalue weighted by molar-refractivity contribution is 0.199. The molecule has 13 heavy (non-hydrogen) atoms. The fraction of sp³-hybridized carbons (Fsp3) is 0.222. The molecule has 1 unspecified atom stereocenters. The van der Waals surface area contributed by atoms with E-state index in [0.717, 1.165) is 16.6 Å². The van der Waals surface area contributed by atoms with Crippen molar-refractivity contribution in [3.63, 3.8) is 0 Å². The molecule has 4 nitrogen and oxygen atoms in total. The van der Waals surface area contributed by atoms with Gasteiger partial charge >= 0.3 is 5.69 Å². The zero-order valence-corrected chi connectivity index (χ0v) is 7.16. The lowest BCUT2D eigenvalue weighted by Gasteiger charge is -2.02. The molecular formula is C9H10N2O2. The Morgan fingerprint density at radius 1 is 1.31 bits per heavy atom. The lowest BCUT2D eigenvalue weighted by atomic mass is 10.1. The Morgan fingerprint density at radius 2 is 2.00 bits per heavy atom. The van der Waals surface area contributed by atoms with Gasteiger partial charge in [-0.05, 0) is 24.6 Å². The molecule has 2 rings (SSSR count). The van der Waals surface area contributed by atoms with Crippen LogP contribution < -0.4 is 5.69 Å². The Morgan fingerprint density at radius 3 is 2.69 bits per heavy atom. The Labute approximate surface area is 74.2 Å². The van der Waals surface area contributed by atoms with E-state index in [1.165, 1.54) is 0 Å². The number of hydrogen-bond donors (Lipinski definition) is 3. The van der Waals surface area contributed by atoms with Gasteiger partial charge in [0.15, 0.2) is 0 Å². The molecule has 0 saturated carbocycles. The minimum Gasteiger partial charge on any atom is -0.389 e. The largest absolute Gasteiger partial charge is 0.389 e. The molecular weight excluding hydrogens is 168 g/mol. The maximum Gasteiger partial charge on any atom is 0.323 e. The quantitative estimate of drug-likeness (QED) is 0.607. The fourth-order valence-corrected chi connectivity index (χ4v) is 1.31. The van der Waals surface area contributed by atoms with Crippen LogP contribution in [0.15, 0.2) is 23.0 Å². The highest BCUT2D eigenvalue weighted by molar-refractivity contribution is 5.75. The van der Waals surface area contributed by atoms with Crippen molar-refractivity contribution in [1.29, 1.82) is 0 Å². The van der Waals surface area contributed by atoms with Crippen molar-refractivity contribution in [2.24, 2.45) is 0 Å². The summed E-state index contributed by atoms with van der Waals surface area (Å²) in [5.41, 5.74) is 2.05. The summed E-state index contributed by atoms with van der Waals surface area (Å²) in [6, 6.07) is 5.32. The molecule has 1 atom stereocenters. The molecule has 1 heterocycles. The number of aromatic nitrogens is 2. The van der Waals surface area contributed by atoms with E-state index in [4.69, 9.17) is 0 Å². The second-order valence-corrected chi connectivity index (χ2v) is 3.06. The Balaban J connectivity index is 2.68. The van der Waals surface area contributed by atoms with Crippen molar-refractivity contribution in [3.05, 3.63) is 34.2 Å². The summed E-state index contributed by atoms with van der Waals surface area (Å²) in [6.07, 6.45) is -0.511. The van der Waals surface area contributed by atoms with E-state index < -0.39 is 6.10 Å². The predicted octanol–water partition coefficient (Wildman–Crippen LogP) is 0.909.